The lowest BCUT2D eigenvalue weighted by Gasteiger charge is -2.19. The van der Waals surface area contributed by atoms with Crippen molar-refractivity contribution in [1.29, 1.82) is 0 Å². The third-order valence-electron chi connectivity index (χ3n) is 4.24. The monoisotopic (exact) mass is 383 g/mol. The normalized spacial score (nSPS) is 11.9. The molecule has 28 heavy (non-hydrogen) atoms. The third kappa shape index (κ3) is 6.74. The first kappa shape index (κ1) is 21.5. The summed E-state index contributed by atoms with van der Waals surface area (Å²) in [5.41, 5.74) is 7.03. The van der Waals surface area contributed by atoms with Gasteiger partial charge in [-0.15, -0.1) is 0 Å². The molecule has 2 aromatic carbocycles. The fraction of sp³-hybridized carbons (Fsp3) is 0.348. The van der Waals surface area contributed by atoms with Crippen molar-refractivity contribution in [3.05, 3.63) is 71.3 Å². The summed E-state index contributed by atoms with van der Waals surface area (Å²) in [6.45, 7) is 9.23. The largest absolute Gasteiger partial charge is 0.491 e. The summed E-state index contributed by atoms with van der Waals surface area (Å²) in [4.78, 5) is 16.3. The lowest BCUT2D eigenvalue weighted by atomic mass is 9.86. The zero-order valence-electron chi connectivity index (χ0n) is 17.0. The average Bonchev–Trinajstić information content (AvgIpc) is 2.64. The molecule has 2 aromatic rings. The number of benzene rings is 2. The first-order valence-electron chi connectivity index (χ1n) is 9.38. The van der Waals surface area contributed by atoms with Crippen LogP contribution >= 0.6 is 0 Å². The molecule has 0 aromatic heterocycles. The van der Waals surface area contributed by atoms with Gasteiger partial charge in [0.1, 0.15) is 19.0 Å². The maximum absolute atomic E-state index is 10.8. The zero-order valence-corrected chi connectivity index (χ0v) is 17.0. The molecule has 0 saturated carbocycles. The lowest BCUT2D eigenvalue weighted by molar-refractivity contribution is -0.136. The minimum absolute atomic E-state index is 0.0199. The fourth-order valence-corrected chi connectivity index (χ4v) is 2.68. The number of ether oxygens (including phenoxy) is 1. The van der Waals surface area contributed by atoms with Crippen LogP contribution in [0.3, 0.4) is 0 Å². The number of carboxylic acids is 1. The van der Waals surface area contributed by atoms with Crippen LogP contribution in [0.4, 0.5) is 0 Å². The molecular formula is C23H29NO4. The van der Waals surface area contributed by atoms with Crippen LogP contribution in [0.25, 0.3) is 5.70 Å². The van der Waals surface area contributed by atoms with Gasteiger partial charge in [-0.1, -0.05) is 63.2 Å². The van der Waals surface area contributed by atoms with Crippen LogP contribution in [0.1, 0.15) is 44.4 Å². The smallest absolute Gasteiger partial charge is 0.307 e. The van der Waals surface area contributed by atoms with Gasteiger partial charge in [0, 0.05) is 0 Å². The molecule has 0 aliphatic carbocycles. The number of hydrogen-bond donors (Lipinski definition) is 2. The van der Waals surface area contributed by atoms with E-state index in [9.17, 15) is 4.79 Å². The molecule has 0 amide bonds. The molecule has 0 radical (unpaired) electrons. The average molecular weight is 383 g/mol. The Morgan fingerprint density at radius 1 is 1.11 bits per heavy atom. The van der Waals surface area contributed by atoms with Crippen LogP contribution in [-0.2, 0) is 21.5 Å². The molecule has 0 saturated heterocycles. The highest BCUT2D eigenvalue weighted by Crippen LogP contribution is 2.23. The Balaban J connectivity index is 1.80. The number of nitrogens with one attached hydrogen (secondary N) is 1. The van der Waals surface area contributed by atoms with E-state index in [1.54, 1.807) is 24.3 Å². The van der Waals surface area contributed by atoms with Crippen molar-refractivity contribution < 1.29 is 19.5 Å². The van der Waals surface area contributed by atoms with Gasteiger partial charge in [0.25, 0.3) is 0 Å². The third-order valence-corrected chi connectivity index (χ3v) is 4.24. The Labute approximate surface area is 167 Å². The van der Waals surface area contributed by atoms with E-state index in [4.69, 9.17) is 14.7 Å². The summed E-state index contributed by atoms with van der Waals surface area (Å²) in [6.07, 6.45) is 1.94. The van der Waals surface area contributed by atoms with Crippen molar-refractivity contribution in [1.82, 2.24) is 5.48 Å². The molecule has 0 aliphatic rings. The second-order valence-corrected chi connectivity index (χ2v) is 7.55. The summed E-state index contributed by atoms with van der Waals surface area (Å²) in [6, 6.07) is 15.5. The number of carboxylic acid groups (broad SMARTS) is 1. The Morgan fingerprint density at radius 2 is 1.82 bits per heavy atom. The van der Waals surface area contributed by atoms with E-state index in [-0.39, 0.29) is 11.8 Å². The summed E-state index contributed by atoms with van der Waals surface area (Å²) in [5, 5.41) is 8.85. The number of hydroxylamine groups is 1. The van der Waals surface area contributed by atoms with Gasteiger partial charge < -0.3 is 9.84 Å². The van der Waals surface area contributed by atoms with Crippen LogP contribution < -0.4 is 10.2 Å². The second kappa shape index (κ2) is 9.95. The summed E-state index contributed by atoms with van der Waals surface area (Å²) < 4.78 is 5.63. The second-order valence-electron chi connectivity index (χ2n) is 7.55. The van der Waals surface area contributed by atoms with Crippen LogP contribution in [0, 0.1) is 0 Å². The Hall–Kier alpha value is -2.79. The van der Waals surface area contributed by atoms with E-state index in [1.165, 1.54) is 5.56 Å². The highest BCUT2D eigenvalue weighted by Gasteiger charge is 2.13. The van der Waals surface area contributed by atoms with E-state index in [0.717, 1.165) is 11.3 Å². The minimum atomic E-state index is -0.862. The van der Waals surface area contributed by atoms with Crippen molar-refractivity contribution >= 4 is 11.7 Å². The highest BCUT2D eigenvalue weighted by atomic mass is 16.7. The van der Waals surface area contributed by atoms with Gasteiger partial charge in [0.2, 0.25) is 0 Å². The molecule has 5 heteroatoms. The molecule has 2 rings (SSSR count). The molecule has 0 atom stereocenters. The predicted molar refractivity (Wildman–Crippen MR) is 111 cm³/mol. The van der Waals surface area contributed by atoms with Gasteiger partial charge in [-0.05, 0) is 41.2 Å². The van der Waals surface area contributed by atoms with Gasteiger partial charge in [-0.3, -0.25) is 15.1 Å². The minimum Gasteiger partial charge on any atom is -0.491 e. The highest BCUT2D eigenvalue weighted by molar-refractivity contribution is 5.70. The van der Waals surface area contributed by atoms with Gasteiger partial charge in [0.15, 0.2) is 0 Å². The number of hydrogen-bond acceptors (Lipinski definition) is 4. The molecule has 0 bridgehead atoms. The molecule has 0 spiro atoms. The fourth-order valence-electron chi connectivity index (χ4n) is 2.68. The van der Waals surface area contributed by atoms with Crippen molar-refractivity contribution in [2.45, 2.75) is 39.5 Å². The Kier molecular flexibility index (Phi) is 7.64. The van der Waals surface area contributed by atoms with Gasteiger partial charge in [0.05, 0.1) is 12.1 Å². The molecule has 150 valence electrons. The predicted octanol–water partition coefficient (Wildman–Crippen LogP) is 4.57. The Morgan fingerprint density at radius 3 is 2.43 bits per heavy atom. The molecule has 5 nitrogen and oxygen atoms in total. The van der Waals surface area contributed by atoms with Crippen molar-refractivity contribution in [2.24, 2.45) is 0 Å². The molecular weight excluding hydrogens is 354 g/mol. The van der Waals surface area contributed by atoms with E-state index >= 15 is 0 Å². The number of rotatable bonds is 9. The van der Waals surface area contributed by atoms with Crippen LogP contribution in [0.5, 0.6) is 5.75 Å². The first-order valence-corrected chi connectivity index (χ1v) is 9.38. The topological polar surface area (TPSA) is 67.8 Å². The SMILES string of the molecule is CC=C(NOCCOc1cccc(CC(=O)O)c1)c1ccc(C(C)(C)C)cc1. The van der Waals surface area contributed by atoms with Crippen LogP contribution in [0.15, 0.2) is 54.6 Å². The van der Waals surface area contributed by atoms with Crippen molar-refractivity contribution in [3.63, 3.8) is 0 Å². The van der Waals surface area contributed by atoms with Gasteiger partial charge in [-0.2, -0.15) is 0 Å². The zero-order chi connectivity index (χ0) is 20.6. The van der Waals surface area contributed by atoms with Crippen molar-refractivity contribution in [3.8, 4) is 5.75 Å². The molecule has 2 N–H and O–H groups in total. The van der Waals surface area contributed by atoms with E-state index in [2.05, 4.69) is 50.5 Å². The summed E-state index contributed by atoms with van der Waals surface area (Å²) in [5.74, 6) is -0.231. The van der Waals surface area contributed by atoms with Gasteiger partial charge in [-0.25, -0.2) is 0 Å². The van der Waals surface area contributed by atoms with Crippen LogP contribution in [0.2, 0.25) is 0 Å². The van der Waals surface area contributed by atoms with E-state index in [0.29, 0.717) is 24.5 Å². The van der Waals surface area contributed by atoms with Crippen molar-refractivity contribution in [2.75, 3.05) is 13.2 Å². The quantitative estimate of drug-likeness (QED) is 0.490. The first-order chi connectivity index (χ1) is 13.3. The van der Waals surface area contributed by atoms with E-state index in [1.807, 2.05) is 13.0 Å². The standard InChI is InChI=1S/C23H29NO4/c1-5-21(18-9-11-19(12-10-18)23(2,3)4)24-28-14-13-27-20-8-6-7-17(15-20)16-22(25)26/h5-12,15,24H,13-14,16H2,1-4H3,(H,25,26). The van der Waals surface area contributed by atoms with Crippen LogP contribution in [-0.4, -0.2) is 24.3 Å². The molecule has 0 aliphatic heterocycles. The number of aliphatic carboxylic acids is 1. The molecule has 0 fully saturated rings. The summed E-state index contributed by atoms with van der Waals surface area (Å²) >= 11 is 0. The van der Waals surface area contributed by atoms with Gasteiger partial charge >= 0.3 is 5.97 Å². The number of carbonyl (C=O) groups is 1. The summed E-state index contributed by atoms with van der Waals surface area (Å²) in [7, 11) is 0. The number of allylic oxidation sites excluding steroid dienone is 1. The molecule has 0 heterocycles. The maximum Gasteiger partial charge on any atom is 0.307 e. The lowest BCUT2D eigenvalue weighted by Crippen LogP contribution is -2.18. The Bertz CT molecular complexity index is 804. The molecule has 0 unspecified atom stereocenters. The maximum atomic E-state index is 10.8. The van der Waals surface area contributed by atoms with E-state index < -0.39 is 5.97 Å².